The molecule has 5 aromatic rings. The van der Waals surface area contributed by atoms with Gasteiger partial charge in [-0.25, -0.2) is 17.6 Å². The highest BCUT2D eigenvalue weighted by molar-refractivity contribution is 6.34. The van der Waals surface area contributed by atoms with E-state index in [1.165, 1.54) is 36.1 Å². The number of nitrogens with one attached hydrogen (secondary N) is 2. The topological polar surface area (TPSA) is 161 Å². The fourth-order valence-electron chi connectivity index (χ4n) is 12.5. The van der Waals surface area contributed by atoms with E-state index in [1.54, 1.807) is 7.05 Å². The molecule has 3 saturated heterocycles. The second-order valence-corrected chi connectivity index (χ2v) is 20.6. The van der Waals surface area contributed by atoms with E-state index in [0.717, 1.165) is 31.2 Å². The summed E-state index contributed by atoms with van der Waals surface area (Å²) in [5, 5.41) is 10.3. The fraction of sp³-hybridized carbons (Fsp3) is 0.463. The molecule has 4 amide bonds. The Labute approximate surface area is 419 Å². The molecule has 5 heterocycles. The zero-order valence-electron chi connectivity index (χ0n) is 40.5. The highest BCUT2D eigenvalue weighted by atomic mass is 35.5. The van der Waals surface area contributed by atoms with Gasteiger partial charge in [0, 0.05) is 90.7 Å². The van der Waals surface area contributed by atoms with E-state index < -0.39 is 52.5 Å². The van der Waals surface area contributed by atoms with Crippen LogP contribution in [-0.2, 0) is 27.0 Å². The molecule has 1 unspecified atom stereocenters. The van der Waals surface area contributed by atoms with Gasteiger partial charge in [-0.2, -0.15) is 5.10 Å². The first-order chi connectivity index (χ1) is 34.6. The number of rotatable bonds is 11. The first kappa shape index (κ1) is 49.5. The largest absolute Gasteiger partial charge is 0.494 e. The monoisotopic (exact) mass is 1010 g/mol. The van der Waals surface area contributed by atoms with Crippen molar-refractivity contribution in [1.82, 2.24) is 30.2 Å². The molecule has 3 atom stereocenters. The van der Waals surface area contributed by atoms with Gasteiger partial charge in [-0.05, 0) is 101 Å². The van der Waals surface area contributed by atoms with Crippen LogP contribution in [0.1, 0.15) is 122 Å². The zero-order chi connectivity index (χ0) is 50.7. The second-order valence-electron chi connectivity index (χ2n) is 20.2. The van der Waals surface area contributed by atoms with E-state index >= 15 is 17.6 Å². The first-order valence-corrected chi connectivity index (χ1v) is 25.3. The third-order valence-electron chi connectivity index (χ3n) is 16.4. The molecule has 1 aromatic heterocycles. The number of benzene rings is 4. The molecule has 0 spiro atoms. The molecule has 1 saturated carbocycles. The van der Waals surface area contributed by atoms with Crippen molar-refractivity contribution in [2.75, 3.05) is 39.8 Å². The lowest BCUT2D eigenvalue weighted by atomic mass is 9.77. The highest BCUT2D eigenvalue weighted by Gasteiger charge is 2.50. The van der Waals surface area contributed by atoms with E-state index in [-0.39, 0.29) is 104 Å². The van der Waals surface area contributed by atoms with Gasteiger partial charge in [0.2, 0.25) is 23.6 Å². The number of amides is 4. The second kappa shape index (κ2) is 19.8. The van der Waals surface area contributed by atoms with Crippen LogP contribution >= 0.6 is 11.6 Å². The number of halogens is 5. The average molecular weight is 1010 g/mol. The number of hydrogen-bond donors (Lipinski definition) is 3. The van der Waals surface area contributed by atoms with Gasteiger partial charge in [0.15, 0.2) is 23.0 Å². The minimum atomic E-state index is -1.10. The van der Waals surface area contributed by atoms with Crippen LogP contribution in [-0.4, -0.2) is 95.1 Å². The summed E-state index contributed by atoms with van der Waals surface area (Å²) in [5.41, 5.74) is 5.87. The van der Waals surface area contributed by atoms with E-state index in [9.17, 15) is 19.2 Å². The van der Waals surface area contributed by atoms with Crippen LogP contribution in [0.2, 0.25) is 5.02 Å². The van der Waals surface area contributed by atoms with Gasteiger partial charge >= 0.3 is 0 Å². The number of likely N-dealkylation sites (tertiary alicyclic amines) is 2. The summed E-state index contributed by atoms with van der Waals surface area (Å²) in [6.07, 6.45) is 6.02. The van der Waals surface area contributed by atoms with Crippen molar-refractivity contribution in [3.05, 3.63) is 111 Å². The minimum Gasteiger partial charge on any atom is -0.494 e. The fourth-order valence-corrected chi connectivity index (χ4v) is 12.7. The molecule has 4 aromatic carbocycles. The van der Waals surface area contributed by atoms with Crippen LogP contribution in [0.15, 0.2) is 54.6 Å². The zero-order valence-corrected chi connectivity index (χ0v) is 41.2. The molecule has 4 N–H and O–H groups in total. The lowest BCUT2D eigenvalue weighted by Crippen LogP contribution is -2.51. The highest BCUT2D eigenvalue weighted by Crippen LogP contribution is 2.56. The third kappa shape index (κ3) is 8.67. The number of methoxy groups -OCH3 is 1. The molecule has 0 bridgehead atoms. The number of piperidine rings is 3. The van der Waals surface area contributed by atoms with Gasteiger partial charge in [0.1, 0.15) is 22.9 Å². The predicted octanol–water partition coefficient (Wildman–Crippen LogP) is 8.49. The van der Waals surface area contributed by atoms with Gasteiger partial charge in [-0.15, -0.1) is 0 Å². The standard InChI is InChI=1S/C54H58ClF4N7O6/c1-28-42-40(26-38(57)46(55)45(42)44-34(51(60)68)13-15-39(71-3)47(44)58)72-54(28,31-7-5-4-6-8-31)27-61-32-11-9-30(10-12-32)53(70)66-23-19-33(20-24-66)65-21-17-29(18-22-65)43-37(56)25-36-49(63-64(2)50(36)48(43)59)35-14-16-41(67)62-52(35)69/h4-8,13,15,25-26,28-30,32-33,35,61H,9-12,14,16-24,27H2,1-3H3,(H2,60,68)(H,62,67,69)/t28-,30?,32?,35?,54-/m0/s1. The lowest BCUT2D eigenvalue weighted by Gasteiger charge is -2.43. The smallest absolute Gasteiger partial charge is 0.249 e. The van der Waals surface area contributed by atoms with E-state index in [1.807, 2.05) is 42.2 Å². The number of imide groups is 1. The summed E-state index contributed by atoms with van der Waals surface area (Å²) in [6, 6.07) is 14.9. The molecule has 0 radical (unpaired) electrons. The van der Waals surface area contributed by atoms with Crippen LogP contribution in [0, 0.1) is 29.2 Å². The minimum absolute atomic E-state index is 0.0241. The summed E-state index contributed by atoms with van der Waals surface area (Å²) in [5.74, 6) is -6.45. The maximum atomic E-state index is 16.3. The van der Waals surface area contributed by atoms with E-state index in [2.05, 4.69) is 20.6 Å². The molecule has 4 fully saturated rings. The Bertz CT molecular complexity index is 2970. The number of aryl methyl sites for hydroxylation is 1. The molecular formula is C54H58ClF4N7O6. The van der Waals surface area contributed by atoms with E-state index in [0.29, 0.717) is 64.0 Å². The van der Waals surface area contributed by atoms with Crippen molar-refractivity contribution in [3.8, 4) is 22.6 Å². The van der Waals surface area contributed by atoms with Crippen molar-refractivity contribution >= 4 is 46.1 Å². The van der Waals surface area contributed by atoms with Crippen LogP contribution in [0.5, 0.6) is 11.5 Å². The number of carbonyl (C=O) groups is 4. The van der Waals surface area contributed by atoms with Gasteiger partial charge in [-0.3, -0.25) is 29.2 Å². The summed E-state index contributed by atoms with van der Waals surface area (Å²) < 4.78 is 77.6. The van der Waals surface area contributed by atoms with Crippen LogP contribution < -0.4 is 25.8 Å². The summed E-state index contributed by atoms with van der Waals surface area (Å²) >= 11 is 6.69. The van der Waals surface area contributed by atoms with Crippen molar-refractivity contribution in [2.45, 2.75) is 107 Å². The molecular weight excluding hydrogens is 954 g/mol. The van der Waals surface area contributed by atoms with Crippen molar-refractivity contribution in [3.63, 3.8) is 0 Å². The maximum absolute atomic E-state index is 16.3. The number of hydrogen-bond acceptors (Lipinski definition) is 9. The number of carbonyl (C=O) groups excluding carboxylic acids is 4. The van der Waals surface area contributed by atoms with Crippen molar-refractivity contribution in [2.24, 2.45) is 18.7 Å². The van der Waals surface area contributed by atoms with Gasteiger partial charge in [-0.1, -0.05) is 48.9 Å². The molecule has 10 rings (SSSR count). The van der Waals surface area contributed by atoms with Gasteiger partial charge < -0.3 is 30.3 Å². The van der Waals surface area contributed by atoms with Crippen LogP contribution in [0.25, 0.3) is 22.0 Å². The van der Waals surface area contributed by atoms with E-state index in [4.69, 9.17) is 26.8 Å². The molecule has 1 aliphatic carbocycles. The Morgan fingerprint density at radius 3 is 2.26 bits per heavy atom. The Morgan fingerprint density at radius 2 is 1.60 bits per heavy atom. The van der Waals surface area contributed by atoms with Gasteiger partial charge in [0.25, 0.3) is 0 Å². The Hall–Kier alpha value is -6.04. The van der Waals surface area contributed by atoms with Crippen molar-refractivity contribution in [1.29, 1.82) is 0 Å². The first-order valence-electron chi connectivity index (χ1n) is 25.0. The summed E-state index contributed by atoms with van der Waals surface area (Å²) in [4.78, 5) is 55.5. The van der Waals surface area contributed by atoms with Crippen molar-refractivity contribution < 1.29 is 46.2 Å². The Balaban J connectivity index is 0.754. The SMILES string of the molecule is COc1ccc(C(N)=O)c(-c2c(Cl)c(F)cc3c2[C@H](C)[C@@](CNC2CCC(C(=O)N4CCC(N5CCC(c6c(F)cc7c(C8CCC(=O)NC8=O)nn(C)c7c6F)CC5)CC4)CC2)(c2ccccc2)O3)c1F. The number of primary amides is 1. The van der Waals surface area contributed by atoms with Crippen LogP contribution in [0.4, 0.5) is 17.6 Å². The number of ether oxygens (including phenoxy) is 2. The number of aromatic nitrogens is 2. The van der Waals surface area contributed by atoms with Gasteiger partial charge in [0.05, 0.1) is 29.3 Å². The summed E-state index contributed by atoms with van der Waals surface area (Å²) in [7, 11) is 2.87. The quantitative estimate of drug-likeness (QED) is 0.0871. The number of nitrogens with zero attached hydrogens (tertiary/aromatic N) is 4. The molecule has 72 heavy (non-hydrogen) atoms. The maximum Gasteiger partial charge on any atom is 0.249 e. The Morgan fingerprint density at radius 1 is 0.889 bits per heavy atom. The number of fused-ring (bicyclic) bond motifs is 2. The number of nitrogens with two attached hydrogens (primary N) is 1. The molecule has 18 heteroatoms. The normalized spacial score (nSPS) is 24.3. The molecule has 5 aliphatic rings. The molecule has 380 valence electrons. The molecule has 13 nitrogen and oxygen atoms in total. The average Bonchev–Trinajstić information content (AvgIpc) is 3.86. The predicted molar refractivity (Wildman–Crippen MR) is 262 cm³/mol. The molecule has 4 aliphatic heterocycles. The van der Waals surface area contributed by atoms with Crippen LogP contribution in [0.3, 0.4) is 0 Å². The third-order valence-corrected chi connectivity index (χ3v) is 16.7. The summed E-state index contributed by atoms with van der Waals surface area (Å²) in [6.45, 7) is 4.83. The Kier molecular flexibility index (Phi) is 13.6. The lowest BCUT2D eigenvalue weighted by molar-refractivity contribution is -0.138.